The topological polar surface area (TPSA) is 92.8 Å². The van der Waals surface area contributed by atoms with Crippen molar-refractivity contribution in [3.8, 4) is 0 Å². The van der Waals surface area contributed by atoms with E-state index in [0.29, 0.717) is 23.2 Å². The Morgan fingerprint density at radius 2 is 1.65 bits per heavy atom. The summed E-state index contributed by atoms with van der Waals surface area (Å²) >= 11 is 0. The number of ether oxygens (including phenoxy) is 1. The first-order chi connectivity index (χ1) is 15.0. The molecule has 2 fully saturated rings. The molecule has 1 aliphatic heterocycles. The standard InChI is InChI=1S/C24H30N2O5/c1-31-24(30)18-10-6-5-7-16(18)14-25-21(27)15-11-12-19-20(13-15)23(29)26(22(19)28)17-8-3-2-4-9-17/h11-13,16-18H,2-10,14H2,1H3,(H,25,27). The SMILES string of the molecule is COC(=O)C1CCCCC1CNC(=O)c1ccc2c(c1)C(=O)N(C1CCCCC1)C2=O. The van der Waals surface area contributed by atoms with Crippen LogP contribution in [0.5, 0.6) is 0 Å². The zero-order valence-electron chi connectivity index (χ0n) is 18.0. The second-order valence-corrected chi connectivity index (χ2v) is 8.92. The summed E-state index contributed by atoms with van der Waals surface area (Å²) in [7, 11) is 1.39. The van der Waals surface area contributed by atoms with Crippen LogP contribution in [0.2, 0.25) is 0 Å². The Morgan fingerprint density at radius 1 is 0.968 bits per heavy atom. The van der Waals surface area contributed by atoms with E-state index in [0.717, 1.165) is 57.8 Å². The average molecular weight is 427 g/mol. The first-order valence-corrected chi connectivity index (χ1v) is 11.4. The highest BCUT2D eigenvalue weighted by Gasteiger charge is 2.40. The summed E-state index contributed by atoms with van der Waals surface area (Å²) in [5, 5.41) is 2.91. The number of hydrogen-bond acceptors (Lipinski definition) is 5. The predicted octanol–water partition coefficient (Wildman–Crippen LogP) is 3.32. The fourth-order valence-electron chi connectivity index (χ4n) is 5.31. The van der Waals surface area contributed by atoms with Gasteiger partial charge in [0.05, 0.1) is 24.2 Å². The van der Waals surface area contributed by atoms with Crippen LogP contribution in [0.25, 0.3) is 0 Å². The van der Waals surface area contributed by atoms with Gasteiger partial charge in [-0.05, 0) is 49.8 Å². The molecule has 3 amide bonds. The van der Waals surface area contributed by atoms with Crippen LogP contribution in [0.3, 0.4) is 0 Å². The molecule has 1 aromatic carbocycles. The van der Waals surface area contributed by atoms with Gasteiger partial charge in [0, 0.05) is 18.2 Å². The van der Waals surface area contributed by atoms with E-state index >= 15 is 0 Å². The van der Waals surface area contributed by atoms with Crippen molar-refractivity contribution in [1.82, 2.24) is 10.2 Å². The first kappa shape index (κ1) is 21.5. The summed E-state index contributed by atoms with van der Waals surface area (Å²) in [4.78, 5) is 52.0. The van der Waals surface area contributed by atoms with E-state index in [2.05, 4.69) is 5.32 Å². The lowest BCUT2D eigenvalue weighted by Gasteiger charge is -2.29. The summed E-state index contributed by atoms with van der Waals surface area (Å²) in [6.07, 6.45) is 8.56. The largest absolute Gasteiger partial charge is 0.469 e. The van der Waals surface area contributed by atoms with E-state index in [1.807, 2.05) is 0 Å². The maximum atomic E-state index is 13.0. The number of methoxy groups -OCH3 is 1. The molecule has 3 aliphatic rings. The summed E-state index contributed by atoms with van der Waals surface area (Å²) in [6.45, 7) is 0.386. The third-order valence-electron chi connectivity index (χ3n) is 7.06. The Morgan fingerprint density at radius 3 is 2.39 bits per heavy atom. The lowest BCUT2D eigenvalue weighted by atomic mass is 9.79. The number of benzene rings is 1. The number of carbonyl (C=O) groups is 4. The number of rotatable bonds is 5. The van der Waals surface area contributed by atoms with Gasteiger partial charge in [0.2, 0.25) is 0 Å². The summed E-state index contributed by atoms with van der Waals surface area (Å²) in [6, 6.07) is 4.68. The molecule has 2 aliphatic carbocycles. The number of imide groups is 1. The summed E-state index contributed by atoms with van der Waals surface area (Å²) in [5.74, 6) is -1.20. The van der Waals surface area contributed by atoms with Crippen LogP contribution in [0.4, 0.5) is 0 Å². The second kappa shape index (κ2) is 9.20. The third-order valence-corrected chi connectivity index (χ3v) is 7.06. The number of hydrogen-bond donors (Lipinski definition) is 1. The molecule has 1 aromatic rings. The highest BCUT2D eigenvalue weighted by Crippen LogP contribution is 2.32. The summed E-state index contributed by atoms with van der Waals surface area (Å²) < 4.78 is 4.92. The van der Waals surface area contributed by atoms with Crippen molar-refractivity contribution in [3.05, 3.63) is 34.9 Å². The monoisotopic (exact) mass is 426 g/mol. The van der Waals surface area contributed by atoms with Crippen LogP contribution in [0.1, 0.15) is 88.9 Å². The van der Waals surface area contributed by atoms with E-state index < -0.39 is 0 Å². The minimum absolute atomic E-state index is 0.0417. The van der Waals surface area contributed by atoms with Crippen LogP contribution < -0.4 is 5.32 Å². The average Bonchev–Trinajstić information content (AvgIpc) is 3.07. The second-order valence-electron chi connectivity index (χ2n) is 8.92. The quantitative estimate of drug-likeness (QED) is 0.576. The minimum Gasteiger partial charge on any atom is -0.469 e. The number of esters is 1. The molecule has 1 N–H and O–H groups in total. The number of nitrogens with one attached hydrogen (secondary N) is 1. The van der Waals surface area contributed by atoms with Gasteiger partial charge in [-0.25, -0.2) is 0 Å². The van der Waals surface area contributed by atoms with Gasteiger partial charge in [0.25, 0.3) is 17.7 Å². The van der Waals surface area contributed by atoms with Crippen LogP contribution in [-0.4, -0.2) is 48.3 Å². The molecule has 7 heteroatoms. The zero-order chi connectivity index (χ0) is 22.0. The zero-order valence-corrected chi connectivity index (χ0v) is 18.0. The van der Waals surface area contributed by atoms with Crippen molar-refractivity contribution in [3.63, 3.8) is 0 Å². The fourth-order valence-corrected chi connectivity index (χ4v) is 5.31. The molecule has 7 nitrogen and oxygen atoms in total. The normalized spacial score (nSPS) is 24.1. The van der Waals surface area contributed by atoms with Crippen LogP contribution in [0.15, 0.2) is 18.2 Å². The highest BCUT2D eigenvalue weighted by molar-refractivity contribution is 6.22. The Bertz CT molecular complexity index is 890. The van der Waals surface area contributed by atoms with Gasteiger partial charge in [0.15, 0.2) is 0 Å². The number of amides is 3. The molecule has 0 radical (unpaired) electrons. The lowest BCUT2D eigenvalue weighted by Crippen LogP contribution is -2.40. The van der Waals surface area contributed by atoms with E-state index in [1.54, 1.807) is 12.1 Å². The van der Waals surface area contributed by atoms with E-state index in [9.17, 15) is 19.2 Å². The molecule has 4 rings (SSSR count). The Balaban J connectivity index is 1.44. The summed E-state index contributed by atoms with van der Waals surface area (Å²) in [5.41, 5.74) is 1.05. The molecular weight excluding hydrogens is 396 g/mol. The lowest BCUT2D eigenvalue weighted by molar-refractivity contribution is -0.148. The van der Waals surface area contributed by atoms with Crippen molar-refractivity contribution < 1.29 is 23.9 Å². The molecule has 2 unspecified atom stereocenters. The number of carbonyl (C=O) groups excluding carboxylic acids is 4. The van der Waals surface area contributed by atoms with Gasteiger partial charge in [-0.3, -0.25) is 24.1 Å². The fraction of sp³-hybridized carbons (Fsp3) is 0.583. The first-order valence-electron chi connectivity index (χ1n) is 11.4. The Hall–Kier alpha value is -2.70. The van der Waals surface area contributed by atoms with Crippen molar-refractivity contribution >= 4 is 23.7 Å². The maximum absolute atomic E-state index is 13.0. The number of fused-ring (bicyclic) bond motifs is 1. The molecule has 0 spiro atoms. The van der Waals surface area contributed by atoms with E-state index in [4.69, 9.17) is 4.74 Å². The molecular formula is C24H30N2O5. The molecule has 2 saturated carbocycles. The van der Waals surface area contributed by atoms with E-state index in [-0.39, 0.29) is 41.6 Å². The van der Waals surface area contributed by atoms with E-state index in [1.165, 1.54) is 18.1 Å². The highest BCUT2D eigenvalue weighted by atomic mass is 16.5. The molecule has 0 aromatic heterocycles. The number of nitrogens with zero attached hydrogens (tertiary/aromatic N) is 1. The van der Waals surface area contributed by atoms with Crippen LogP contribution in [0, 0.1) is 11.8 Å². The van der Waals surface area contributed by atoms with Gasteiger partial charge >= 0.3 is 5.97 Å². The Labute approximate surface area is 182 Å². The molecule has 31 heavy (non-hydrogen) atoms. The smallest absolute Gasteiger partial charge is 0.309 e. The maximum Gasteiger partial charge on any atom is 0.309 e. The van der Waals surface area contributed by atoms with Crippen molar-refractivity contribution in [1.29, 1.82) is 0 Å². The van der Waals surface area contributed by atoms with Gasteiger partial charge in [-0.1, -0.05) is 32.1 Å². The molecule has 1 heterocycles. The predicted molar refractivity (Wildman–Crippen MR) is 114 cm³/mol. The van der Waals surface area contributed by atoms with Crippen molar-refractivity contribution in [2.45, 2.75) is 63.8 Å². The molecule has 0 saturated heterocycles. The minimum atomic E-state index is -0.298. The molecule has 0 bridgehead atoms. The Kier molecular flexibility index (Phi) is 6.39. The third kappa shape index (κ3) is 4.23. The van der Waals surface area contributed by atoms with Crippen LogP contribution in [-0.2, 0) is 9.53 Å². The van der Waals surface area contributed by atoms with Crippen LogP contribution >= 0.6 is 0 Å². The van der Waals surface area contributed by atoms with Crippen molar-refractivity contribution in [2.75, 3.05) is 13.7 Å². The van der Waals surface area contributed by atoms with Gasteiger partial charge in [-0.15, -0.1) is 0 Å². The molecule has 2 atom stereocenters. The van der Waals surface area contributed by atoms with Gasteiger partial charge < -0.3 is 10.1 Å². The van der Waals surface area contributed by atoms with Gasteiger partial charge in [0.1, 0.15) is 0 Å². The van der Waals surface area contributed by atoms with Gasteiger partial charge in [-0.2, -0.15) is 0 Å². The van der Waals surface area contributed by atoms with Crippen molar-refractivity contribution in [2.24, 2.45) is 11.8 Å². The molecule has 166 valence electrons.